The van der Waals surface area contributed by atoms with Crippen molar-refractivity contribution in [3.8, 4) is 5.75 Å². The molecule has 0 radical (unpaired) electrons. The molecule has 0 aliphatic heterocycles. The highest BCUT2D eigenvalue weighted by molar-refractivity contribution is 6.40. The van der Waals surface area contributed by atoms with Gasteiger partial charge in [-0.1, -0.05) is 48.6 Å². The highest BCUT2D eigenvalue weighted by Gasteiger charge is 2.35. The van der Waals surface area contributed by atoms with Crippen LogP contribution in [0.25, 0.3) is 0 Å². The number of benzene rings is 2. The van der Waals surface area contributed by atoms with Gasteiger partial charge in [-0.3, -0.25) is 9.59 Å². The lowest BCUT2D eigenvalue weighted by Crippen LogP contribution is -2.31. The normalized spacial score (nSPS) is 19.6. The van der Waals surface area contributed by atoms with Crippen LogP contribution in [0.2, 0.25) is 0 Å². The molecule has 0 fully saturated rings. The molecular formula is C20H15ClO3. The summed E-state index contributed by atoms with van der Waals surface area (Å²) in [4.78, 5) is 23.8. The van der Waals surface area contributed by atoms with Crippen LogP contribution in [0, 0.1) is 0 Å². The van der Waals surface area contributed by atoms with Crippen molar-refractivity contribution in [3.05, 3.63) is 89.5 Å². The van der Waals surface area contributed by atoms with Crippen LogP contribution in [0.5, 0.6) is 5.75 Å². The summed E-state index contributed by atoms with van der Waals surface area (Å²) in [7, 11) is 0. The number of ketones is 2. The van der Waals surface area contributed by atoms with Crippen molar-refractivity contribution in [1.82, 2.24) is 0 Å². The van der Waals surface area contributed by atoms with E-state index in [1.165, 1.54) is 12.1 Å². The Balaban J connectivity index is 1.79. The van der Waals surface area contributed by atoms with E-state index in [0.717, 1.165) is 0 Å². The van der Waals surface area contributed by atoms with E-state index in [9.17, 15) is 14.7 Å². The molecular weight excluding hydrogens is 324 g/mol. The number of carbonyl (C=O) groups is 2. The molecule has 0 aromatic heterocycles. The molecule has 24 heavy (non-hydrogen) atoms. The minimum atomic E-state index is -1.17. The number of halogens is 1. The lowest BCUT2D eigenvalue weighted by atomic mass is 9.87. The van der Waals surface area contributed by atoms with Crippen LogP contribution in [-0.2, 0) is 0 Å². The van der Waals surface area contributed by atoms with Crippen molar-refractivity contribution in [3.63, 3.8) is 0 Å². The average Bonchev–Trinajstić information content (AvgIpc) is 2.62. The predicted octanol–water partition coefficient (Wildman–Crippen LogP) is 4.32. The van der Waals surface area contributed by atoms with Gasteiger partial charge in [0, 0.05) is 16.7 Å². The number of allylic oxidation sites excluding steroid dienone is 4. The van der Waals surface area contributed by atoms with E-state index < -0.39 is 4.87 Å². The quantitative estimate of drug-likeness (QED) is 0.667. The summed E-state index contributed by atoms with van der Waals surface area (Å²) in [5.74, 6) is -0.251. The van der Waals surface area contributed by atoms with Gasteiger partial charge in [-0.15, -0.1) is 11.6 Å². The Morgan fingerprint density at radius 3 is 2.21 bits per heavy atom. The van der Waals surface area contributed by atoms with Gasteiger partial charge in [0.2, 0.25) is 0 Å². The first kappa shape index (κ1) is 16.2. The minimum Gasteiger partial charge on any atom is -0.508 e. The second kappa shape index (κ2) is 6.46. The van der Waals surface area contributed by atoms with Crippen molar-refractivity contribution in [1.29, 1.82) is 0 Å². The molecule has 4 heteroatoms. The fourth-order valence-corrected chi connectivity index (χ4v) is 2.81. The second-order valence-corrected chi connectivity index (χ2v) is 6.31. The van der Waals surface area contributed by atoms with E-state index in [-0.39, 0.29) is 23.7 Å². The molecule has 3 nitrogen and oxygen atoms in total. The van der Waals surface area contributed by atoms with Gasteiger partial charge in [0.1, 0.15) is 10.6 Å². The Labute approximate surface area is 144 Å². The zero-order valence-corrected chi connectivity index (χ0v) is 13.5. The van der Waals surface area contributed by atoms with Gasteiger partial charge >= 0.3 is 0 Å². The predicted molar refractivity (Wildman–Crippen MR) is 93.6 cm³/mol. The molecule has 2 aromatic rings. The van der Waals surface area contributed by atoms with Crippen molar-refractivity contribution in [2.45, 2.75) is 11.3 Å². The molecule has 1 aliphatic rings. The molecule has 0 bridgehead atoms. The van der Waals surface area contributed by atoms with E-state index in [2.05, 4.69) is 0 Å². The molecule has 1 unspecified atom stereocenters. The van der Waals surface area contributed by atoms with Gasteiger partial charge in [0.05, 0.1) is 0 Å². The summed E-state index contributed by atoms with van der Waals surface area (Å²) in [6.07, 6.45) is 5.10. The Morgan fingerprint density at radius 1 is 0.958 bits per heavy atom. The van der Waals surface area contributed by atoms with Gasteiger partial charge in [0.25, 0.3) is 0 Å². The monoisotopic (exact) mass is 338 g/mol. The van der Waals surface area contributed by atoms with Gasteiger partial charge in [-0.2, -0.15) is 0 Å². The van der Waals surface area contributed by atoms with E-state index in [4.69, 9.17) is 11.6 Å². The van der Waals surface area contributed by atoms with Crippen molar-refractivity contribution >= 4 is 23.2 Å². The molecule has 2 aromatic carbocycles. The van der Waals surface area contributed by atoms with E-state index in [1.807, 2.05) is 6.07 Å². The molecule has 0 heterocycles. The van der Waals surface area contributed by atoms with Crippen molar-refractivity contribution in [2.75, 3.05) is 0 Å². The molecule has 120 valence electrons. The molecule has 0 spiro atoms. The Kier molecular flexibility index (Phi) is 4.36. The number of alkyl halides is 1. The Hall–Kier alpha value is -2.65. The first-order valence-electron chi connectivity index (χ1n) is 7.51. The van der Waals surface area contributed by atoms with Crippen LogP contribution in [0.3, 0.4) is 0 Å². The fourth-order valence-electron chi connectivity index (χ4n) is 2.56. The third-order valence-corrected chi connectivity index (χ3v) is 4.40. The maximum atomic E-state index is 12.6. The van der Waals surface area contributed by atoms with Gasteiger partial charge in [-0.25, -0.2) is 0 Å². The number of phenols is 1. The summed E-state index contributed by atoms with van der Waals surface area (Å²) in [5, 5.41) is 9.29. The largest absolute Gasteiger partial charge is 0.508 e. The summed E-state index contributed by atoms with van der Waals surface area (Å²) < 4.78 is 0. The average molecular weight is 339 g/mol. The van der Waals surface area contributed by atoms with E-state index in [1.54, 1.807) is 54.6 Å². The second-order valence-electron chi connectivity index (χ2n) is 5.63. The standard InChI is InChI=1S/C20H15ClO3/c21-20(19(24)16-4-2-1-3-5-16)12-10-15(11-13-20)18(23)14-6-8-17(22)9-7-14/h1-12,22H,13H2. The van der Waals surface area contributed by atoms with Crippen LogP contribution in [-0.4, -0.2) is 21.5 Å². The smallest absolute Gasteiger partial charge is 0.192 e. The fraction of sp³-hybridized carbons (Fsp3) is 0.100. The lowest BCUT2D eigenvalue weighted by molar-refractivity contribution is 0.0956. The summed E-state index contributed by atoms with van der Waals surface area (Å²) in [5.41, 5.74) is 1.50. The number of Topliss-reactive ketones (excluding diaryl/α,β-unsaturated/α-hetero) is 2. The van der Waals surface area contributed by atoms with Gasteiger partial charge in [0.15, 0.2) is 11.6 Å². The van der Waals surface area contributed by atoms with Crippen LogP contribution < -0.4 is 0 Å². The molecule has 1 aliphatic carbocycles. The van der Waals surface area contributed by atoms with Crippen molar-refractivity contribution in [2.24, 2.45) is 0 Å². The summed E-state index contributed by atoms with van der Waals surface area (Å²) in [6.45, 7) is 0. The van der Waals surface area contributed by atoms with Crippen LogP contribution in [0.4, 0.5) is 0 Å². The molecule has 1 N–H and O–H groups in total. The summed E-state index contributed by atoms with van der Waals surface area (Å²) in [6, 6.07) is 14.9. The number of hydrogen-bond acceptors (Lipinski definition) is 3. The zero-order valence-electron chi connectivity index (χ0n) is 12.8. The number of aromatic hydroxyl groups is 1. The SMILES string of the molecule is O=C(C1=CCC(Cl)(C(=O)c2ccccc2)C=C1)c1ccc(O)cc1. The van der Waals surface area contributed by atoms with Crippen LogP contribution in [0.15, 0.2) is 78.4 Å². The highest BCUT2D eigenvalue weighted by atomic mass is 35.5. The zero-order chi connectivity index (χ0) is 17.2. The Bertz CT molecular complexity index is 835. The topological polar surface area (TPSA) is 54.4 Å². The third kappa shape index (κ3) is 3.17. The minimum absolute atomic E-state index is 0.105. The number of phenolic OH excluding ortho intramolecular Hbond substituents is 1. The maximum Gasteiger partial charge on any atom is 0.192 e. The third-order valence-electron chi connectivity index (χ3n) is 3.95. The molecule has 1 atom stereocenters. The molecule has 0 amide bonds. The van der Waals surface area contributed by atoms with Crippen LogP contribution >= 0.6 is 11.6 Å². The highest BCUT2D eigenvalue weighted by Crippen LogP contribution is 2.32. The van der Waals surface area contributed by atoms with E-state index in [0.29, 0.717) is 16.7 Å². The van der Waals surface area contributed by atoms with Gasteiger partial charge in [-0.05, 0) is 30.7 Å². The molecule has 0 saturated carbocycles. The number of carbonyl (C=O) groups excluding carboxylic acids is 2. The summed E-state index contributed by atoms with van der Waals surface area (Å²) >= 11 is 6.47. The molecule has 3 rings (SSSR count). The number of rotatable bonds is 4. The van der Waals surface area contributed by atoms with Crippen LogP contribution in [0.1, 0.15) is 27.1 Å². The first-order valence-corrected chi connectivity index (χ1v) is 7.89. The van der Waals surface area contributed by atoms with Crippen molar-refractivity contribution < 1.29 is 14.7 Å². The van der Waals surface area contributed by atoms with Gasteiger partial charge < -0.3 is 5.11 Å². The number of hydrogen-bond donors (Lipinski definition) is 1. The lowest BCUT2D eigenvalue weighted by Gasteiger charge is -2.24. The van der Waals surface area contributed by atoms with E-state index >= 15 is 0 Å². The first-order chi connectivity index (χ1) is 11.5. The Morgan fingerprint density at radius 2 is 1.62 bits per heavy atom. The molecule has 0 saturated heterocycles. The maximum absolute atomic E-state index is 12.6.